The van der Waals surface area contributed by atoms with Crippen molar-refractivity contribution < 1.29 is 23.8 Å². The van der Waals surface area contributed by atoms with Gasteiger partial charge in [-0.15, -0.1) is 0 Å². The second-order valence-electron chi connectivity index (χ2n) is 7.01. The monoisotopic (exact) mass is 410 g/mol. The highest BCUT2D eigenvalue weighted by Crippen LogP contribution is 2.31. The molecule has 7 nitrogen and oxygen atoms in total. The maximum absolute atomic E-state index is 12.6. The van der Waals surface area contributed by atoms with E-state index in [9.17, 15) is 9.59 Å². The number of carbonyl (C=O) groups is 2. The van der Waals surface area contributed by atoms with Crippen molar-refractivity contribution in [2.75, 3.05) is 25.1 Å². The molecule has 0 aliphatic carbocycles. The maximum atomic E-state index is 12.6. The van der Waals surface area contributed by atoms with Crippen LogP contribution in [0.1, 0.15) is 41.8 Å². The van der Waals surface area contributed by atoms with Gasteiger partial charge in [0.05, 0.1) is 26.2 Å². The topological polar surface area (TPSA) is 97.7 Å². The molecule has 0 saturated carbocycles. The molecule has 1 heterocycles. The van der Waals surface area contributed by atoms with Crippen molar-refractivity contribution in [3.05, 3.63) is 59.2 Å². The summed E-state index contributed by atoms with van der Waals surface area (Å²) in [7, 11) is 0. The van der Waals surface area contributed by atoms with Gasteiger partial charge < -0.3 is 19.5 Å². The van der Waals surface area contributed by atoms with Gasteiger partial charge >= 0.3 is 5.97 Å². The highest BCUT2D eigenvalue weighted by atomic mass is 16.5. The fraction of sp³-hybridized carbons (Fsp3) is 0.348. The third-order valence-electron chi connectivity index (χ3n) is 4.76. The zero-order valence-electron chi connectivity index (χ0n) is 17.2. The summed E-state index contributed by atoms with van der Waals surface area (Å²) >= 11 is 0. The largest absolute Gasteiger partial charge is 0.493 e. The Bertz CT molecular complexity index is 924. The Balaban J connectivity index is 1.64. The van der Waals surface area contributed by atoms with Gasteiger partial charge in [0, 0.05) is 22.7 Å². The molecule has 158 valence electrons. The highest BCUT2D eigenvalue weighted by Gasteiger charge is 2.23. The molecule has 7 heteroatoms. The van der Waals surface area contributed by atoms with E-state index in [4.69, 9.17) is 19.6 Å². The summed E-state index contributed by atoms with van der Waals surface area (Å²) in [4.78, 5) is 24.3. The van der Waals surface area contributed by atoms with Crippen LogP contribution >= 0.6 is 0 Å². The quantitative estimate of drug-likeness (QED) is 0.411. The smallest absolute Gasteiger partial charge is 0.306 e. The van der Waals surface area contributed by atoms with E-state index in [1.807, 2.05) is 19.1 Å². The van der Waals surface area contributed by atoms with E-state index in [1.54, 1.807) is 37.3 Å². The van der Waals surface area contributed by atoms with Crippen molar-refractivity contribution in [2.24, 2.45) is 5.92 Å². The number of amides is 1. The lowest BCUT2D eigenvalue weighted by atomic mass is 9.93. The Morgan fingerprint density at radius 1 is 1.07 bits per heavy atom. The zero-order chi connectivity index (χ0) is 21.5. The van der Waals surface area contributed by atoms with Crippen LogP contribution in [-0.4, -0.2) is 37.6 Å². The van der Waals surface area contributed by atoms with E-state index in [0.29, 0.717) is 49.5 Å². The fourth-order valence-corrected chi connectivity index (χ4v) is 3.33. The van der Waals surface area contributed by atoms with Crippen molar-refractivity contribution >= 4 is 23.5 Å². The summed E-state index contributed by atoms with van der Waals surface area (Å²) in [6.07, 6.45) is 0.999. The maximum Gasteiger partial charge on any atom is 0.306 e. The molecule has 1 atom stereocenters. The van der Waals surface area contributed by atoms with E-state index < -0.39 is 0 Å². The molecule has 0 radical (unpaired) electrons. The minimum absolute atomic E-state index is 0.0516. The second-order valence-corrected chi connectivity index (χ2v) is 7.01. The minimum atomic E-state index is -0.246. The third-order valence-corrected chi connectivity index (χ3v) is 4.76. The van der Waals surface area contributed by atoms with Gasteiger partial charge in [0.1, 0.15) is 5.75 Å². The SMILES string of the molecule is CCOC(=N)c1ccc(C(=O)Nc2ccc3c(c2)CC(CC(=O)OCC)CO3)cc1. The molecule has 0 spiro atoms. The van der Waals surface area contributed by atoms with Crippen LogP contribution in [-0.2, 0) is 20.7 Å². The standard InChI is InChI=1S/C23H26N2O5/c1-3-28-21(26)12-15-11-18-13-19(9-10-20(18)30-14-15)25-23(27)17-7-5-16(6-8-17)22(24)29-4-2/h5-10,13,15,24H,3-4,11-12,14H2,1-2H3,(H,25,27). The molecule has 0 aromatic heterocycles. The Kier molecular flexibility index (Phi) is 7.06. The van der Waals surface area contributed by atoms with Gasteiger partial charge in [-0.2, -0.15) is 0 Å². The molecule has 30 heavy (non-hydrogen) atoms. The van der Waals surface area contributed by atoms with Crippen LogP contribution in [0.4, 0.5) is 5.69 Å². The molecule has 2 aromatic rings. The number of nitrogens with one attached hydrogen (secondary N) is 2. The Labute approximate surface area is 175 Å². The molecule has 0 fully saturated rings. The van der Waals surface area contributed by atoms with Crippen LogP contribution in [0.3, 0.4) is 0 Å². The van der Waals surface area contributed by atoms with Crippen molar-refractivity contribution in [3.63, 3.8) is 0 Å². The molecule has 2 aromatic carbocycles. The first-order valence-corrected chi connectivity index (χ1v) is 10.0. The van der Waals surface area contributed by atoms with E-state index in [2.05, 4.69) is 5.32 Å². The second kappa shape index (κ2) is 9.91. The van der Waals surface area contributed by atoms with Crippen LogP contribution in [0.25, 0.3) is 0 Å². The van der Waals surface area contributed by atoms with E-state index >= 15 is 0 Å². The lowest BCUT2D eigenvalue weighted by Gasteiger charge is -2.25. The molecular formula is C23H26N2O5. The Morgan fingerprint density at radius 3 is 2.47 bits per heavy atom. The predicted molar refractivity (Wildman–Crippen MR) is 113 cm³/mol. The van der Waals surface area contributed by atoms with E-state index in [-0.39, 0.29) is 23.7 Å². The summed E-state index contributed by atoms with van der Waals surface area (Å²) in [5.74, 6) is 0.434. The van der Waals surface area contributed by atoms with Gasteiger partial charge in [0.25, 0.3) is 5.91 Å². The number of benzene rings is 2. The summed E-state index contributed by atoms with van der Waals surface area (Å²) < 4.78 is 15.9. The highest BCUT2D eigenvalue weighted by molar-refractivity contribution is 6.05. The molecule has 0 bridgehead atoms. The first-order valence-electron chi connectivity index (χ1n) is 10.0. The van der Waals surface area contributed by atoms with Gasteiger partial charge in [-0.25, -0.2) is 0 Å². The number of ether oxygens (including phenoxy) is 3. The van der Waals surface area contributed by atoms with Gasteiger partial charge in [0.15, 0.2) is 0 Å². The molecule has 0 saturated heterocycles. The van der Waals surface area contributed by atoms with Crippen molar-refractivity contribution in [1.82, 2.24) is 0 Å². The normalized spacial score (nSPS) is 14.8. The molecule has 3 rings (SSSR count). The molecule has 1 unspecified atom stereocenters. The lowest BCUT2D eigenvalue weighted by Crippen LogP contribution is -2.24. The lowest BCUT2D eigenvalue weighted by molar-refractivity contribution is -0.144. The van der Waals surface area contributed by atoms with Gasteiger partial charge in [-0.3, -0.25) is 15.0 Å². The summed E-state index contributed by atoms with van der Waals surface area (Å²) in [6.45, 7) is 4.87. The number of fused-ring (bicyclic) bond motifs is 1. The summed E-state index contributed by atoms with van der Waals surface area (Å²) in [5.41, 5.74) is 2.71. The molecule has 1 aliphatic rings. The Hall–Kier alpha value is -3.35. The molecule has 1 aliphatic heterocycles. The third kappa shape index (κ3) is 5.37. The van der Waals surface area contributed by atoms with Crippen molar-refractivity contribution in [3.8, 4) is 5.75 Å². The molecular weight excluding hydrogens is 384 g/mol. The van der Waals surface area contributed by atoms with Crippen LogP contribution in [0.5, 0.6) is 5.75 Å². The molecule has 2 N–H and O–H groups in total. The van der Waals surface area contributed by atoms with Crippen molar-refractivity contribution in [1.29, 1.82) is 5.41 Å². The number of carbonyl (C=O) groups excluding carboxylic acids is 2. The molecule has 1 amide bonds. The van der Waals surface area contributed by atoms with Crippen LogP contribution in [0, 0.1) is 11.3 Å². The van der Waals surface area contributed by atoms with Crippen LogP contribution < -0.4 is 10.1 Å². The summed E-state index contributed by atoms with van der Waals surface area (Å²) in [6, 6.07) is 12.2. The van der Waals surface area contributed by atoms with E-state index in [1.165, 1.54) is 0 Å². The number of hydrogen-bond donors (Lipinski definition) is 2. The minimum Gasteiger partial charge on any atom is -0.493 e. The van der Waals surface area contributed by atoms with Gasteiger partial charge in [-0.05, 0) is 68.3 Å². The fourth-order valence-electron chi connectivity index (χ4n) is 3.33. The number of rotatable bonds is 7. The first kappa shape index (κ1) is 21.4. The van der Waals surface area contributed by atoms with Crippen molar-refractivity contribution in [2.45, 2.75) is 26.7 Å². The van der Waals surface area contributed by atoms with E-state index in [0.717, 1.165) is 11.3 Å². The predicted octanol–water partition coefficient (Wildman–Crippen LogP) is 3.81. The van der Waals surface area contributed by atoms with Gasteiger partial charge in [0.2, 0.25) is 5.90 Å². The number of anilines is 1. The van der Waals surface area contributed by atoms with Crippen LogP contribution in [0.2, 0.25) is 0 Å². The number of esters is 1. The average molecular weight is 410 g/mol. The Morgan fingerprint density at radius 2 is 1.77 bits per heavy atom. The summed E-state index contributed by atoms with van der Waals surface area (Å²) in [5, 5.41) is 10.7. The first-order chi connectivity index (χ1) is 14.5. The van der Waals surface area contributed by atoms with Gasteiger partial charge in [-0.1, -0.05) is 0 Å². The zero-order valence-corrected chi connectivity index (χ0v) is 17.2. The number of hydrogen-bond acceptors (Lipinski definition) is 6. The van der Waals surface area contributed by atoms with Crippen LogP contribution in [0.15, 0.2) is 42.5 Å². The average Bonchev–Trinajstić information content (AvgIpc) is 2.74.